The first-order valence-corrected chi connectivity index (χ1v) is 9.91. The van der Waals surface area contributed by atoms with Gasteiger partial charge < -0.3 is 15.2 Å². The topological polar surface area (TPSA) is 87.6 Å². The lowest BCUT2D eigenvalue weighted by molar-refractivity contribution is 0.0383. The molecular weight excluding hydrogens is 387 g/mol. The van der Waals surface area contributed by atoms with Gasteiger partial charge in [-0.2, -0.15) is 0 Å². The summed E-state index contributed by atoms with van der Waals surface area (Å²) in [5.41, 5.74) is 1.64. The largest absolute Gasteiger partial charge is 0.504 e. The van der Waals surface area contributed by atoms with Gasteiger partial charge in [-0.25, -0.2) is 9.37 Å². The van der Waals surface area contributed by atoms with E-state index in [9.17, 15) is 14.3 Å². The molecule has 30 heavy (non-hydrogen) atoms. The molecule has 0 spiro atoms. The van der Waals surface area contributed by atoms with E-state index in [4.69, 9.17) is 4.74 Å². The van der Waals surface area contributed by atoms with Gasteiger partial charge in [0.05, 0.1) is 18.9 Å². The van der Waals surface area contributed by atoms with Crippen LogP contribution in [0.5, 0.6) is 5.75 Å². The highest BCUT2D eigenvalue weighted by molar-refractivity contribution is 6.05. The molecule has 4 rings (SSSR count). The number of fused-ring (bicyclic) bond motifs is 1. The average molecular weight is 410 g/mol. The van der Waals surface area contributed by atoms with E-state index in [1.807, 2.05) is 0 Å². The summed E-state index contributed by atoms with van der Waals surface area (Å²) >= 11 is 0. The Morgan fingerprint density at radius 3 is 2.73 bits per heavy atom. The van der Waals surface area contributed by atoms with Crippen molar-refractivity contribution in [2.45, 2.75) is 6.42 Å². The first kappa shape index (κ1) is 20.2. The van der Waals surface area contributed by atoms with Crippen molar-refractivity contribution >= 4 is 16.8 Å². The maximum Gasteiger partial charge on any atom is 0.270 e. The zero-order chi connectivity index (χ0) is 20.9. The summed E-state index contributed by atoms with van der Waals surface area (Å²) in [6.45, 7) is 4.32. The molecular formula is C22H23FN4O3. The van der Waals surface area contributed by atoms with E-state index >= 15 is 0 Å². The lowest BCUT2D eigenvalue weighted by Gasteiger charge is -2.26. The van der Waals surface area contributed by atoms with E-state index < -0.39 is 0 Å². The minimum absolute atomic E-state index is 0.0696. The van der Waals surface area contributed by atoms with Gasteiger partial charge in [-0.3, -0.25) is 14.7 Å². The fraction of sp³-hybridized carbons (Fsp3) is 0.318. The number of ether oxygens (including phenoxy) is 1. The van der Waals surface area contributed by atoms with Crippen LogP contribution in [0, 0.1) is 5.82 Å². The first-order valence-electron chi connectivity index (χ1n) is 9.91. The van der Waals surface area contributed by atoms with E-state index in [2.05, 4.69) is 20.2 Å². The molecule has 1 fully saturated rings. The van der Waals surface area contributed by atoms with Crippen molar-refractivity contribution in [2.24, 2.45) is 0 Å². The molecule has 0 atom stereocenters. The molecule has 1 aliphatic rings. The van der Waals surface area contributed by atoms with Crippen molar-refractivity contribution in [1.82, 2.24) is 20.2 Å². The van der Waals surface area contributed by atoms with Crippen LogP contribution in [0.3, 0.4) is 0 Å². The number of hydrogen-bond donors (Lipinski definition) is 2. The third kappa shape index (κ3) is 4.55. The number of aromatic nitrogens is 2. The van der Waals surface area contributed by atoms with Crippen LogP contribution >= 0.6 is 0 Å². The summed E-state index contributed by atoms with van der Waals surface area (Å²) < 4.78 is 18.5. The number of halogens is 1. The predicted octanol–water partition coefficient (Wildman–Crippen LogP) is 2.13. The van der Waals surface area contributed by atoms with Crippen LogP contribution in [0.4, 0.5) is 4.39 Å². The van der Waals surface area contributed by atoms with E-state index in [1.165, 1.54) is 12.1 Å². The zero-order valence-electron chi connectivity index (χ0n) is 16.5. The van der Waals surface area contributed by atoms with E-state index in [0.717, 1.165) is 25.2 Å². The number of morpholine rings is 1. The normalized spacial score (nSPS) is 14.7. The number of nitrogens with one attached hydrogen (secondary N) is 1. The quantitative estimate of drug-likeness (QED) is 0.647. The summed E-state index contributed by atoms with van der Waals surface area (Å²) in [5, 5.41) is 14.1. The molecule has 0 saturated carbocycles. The van der Waals surface area contributed by atoms with Crippen LogP contribution in [0.2, 0.25) is 0 Å². The molecule has 0 aliphatic carbocycles. The average Bonchev–Trinajstić information content (AvgIpc) is 2.78. The first-order chi connectivity index (χ1) is 14.6. The highest BCUT2D eigenvalue weighted by Crippen LogP contribution is 2.29. The van der Waals surface area contributed by atoms with Gasteiger partial charge in [0.25, 0.3) is 5.91 Å². The smallest absolute Gasteiger partial charge is 0.270 e. The maximum absolute atomic E-state index is 13.2. The minimum atomic E-state index is -0.337. The predicted molar refractivity (Wildman–Crippen MR) is 110 cm³/mol. The van der Waals surface area contributed by atoms with Crippen LogP contribution in [-0.4, -0.2) is 65.3 Å². The van der Waals surface area contributed by atoms with Crippen molar-refractivity contribution in [1.29, 1.82) is 0 Å². The molecule has 1 aromatic carbocycles. The van der Waals surface area contributed by atoms with Crippen molar-refractivity contribution < 1.29 is 19.0 Å². The molecule has 8 heteroatoms. The van der Waals surface area contributed by atoms with Crippen LogP contribution in [0.25, 0.3) is 10.9 Å². The fourth-order valence-electron chi connectivity index (χ4n) is 3.50. The number of aromatic hydroxyl groups is 1. The molecule has 7 nitrogen and oxygen atoms in total. The van der Waals surface area contributed by atoms with Gasteiger partial charge in [0, 0.05) is 44.2 Å². The lowest BCUT2D eigenvalue weighted by atomic mass is 10.1. The SMILES string of the molecule is O=C(NCCN1CCOCC1)c1nc(Cc2ccc(F)cc2)c(O)c2ncccc12. The Balaban J connectivity index is 1.57. The van der Waals surface area contributed by atoms with Crippen molar-refractivity contribution in [3.63, 3.8) is 0 Å². The second kappa shape index (κ2) is 9.15. The molecule has 0 radical (unpaired) electrons. The zero-order valence-corrected chi connectivity index (χ0v) is 16.5. The summed E-state index contributed by atoms with van der Waals surface area (Å²) in [4.78, 5) is 23.8. The fourth-order valence-corrected chi connectivity index (χ4v) is 3.50. The number of benzene rings is 1. The van der Waals surface area contributed by atoms with Gasteiger partial charge in [-0.1, -0.05) is 12.1 Å². The Hall–Kier alpha value is -3.10. The number of hydrogen-bond acceptors (Lipinski definition) is 6. The van der Waals surface area contributed by atoms with Gasteiger partial charge in [0.1, 0.15) is 17.0 Å². The molecule has 1 saturated heterocycles. The molecule has 3 heterocycles. The van der Waals surface area contributed by atoms with Crippen molar-refractivity contribution in [2.75, 3.05) is 39.4 Å². The Labute approximate surface area is 173 Å². The number of nitrogens with zero attached hydrogens (tertiary/aromatic N) is 3. The number of amides is 1. The standard InChI is InChI=1S/C22H23FN4O3/c23-16-5-3-15(4-6-16)14-18-21(28)19-17(2-1-7-24-19)20(26-18)22(29)25-8-9-27-10-12-30-13-11-27/h1-7,28H,8-14H2,(H,25,29). The Bertz CT molecular complexity index is 1040. The van der Waals surface area contributed by atoms with Gasteiger partial charge in [-0.05, 0) is 29.8 Å². The van der Waals surface area contributed by atoms with E-state index in [1.54, 1.807) is 30.5 Å². The highest BCUT2D eigenvalue weighted by atomic mass is 19.1. The Kier molecular flexibility index (Phi) is 6.15. The molecule has 2 N–H and O–H groups in total. The Morgan fingerprint density at radius 2 is 1.97 bits per heavy atom. The third-order valence-electron chi connectivity index (χ3n) is 5.12. The second-order valence-electron chi connectivity index (χ2n) is 7.17. The van der Waals surface area contributed by atoms with Gasteiger partial charge in [0.2, 0.25) is 0 Å². The van der Waals surface area contributed by atoms with Crippen molar-refractivity contribution in [3.05, 3.63) is 65.4 Å². The molecule has 156 valence electrons. The minimum Gasteiger partial charge on any atom is -0.504 e. The summed E-state index contributed by atoms with van der Waals surface area (Å²) in [5.74, 6) is -0.724. The molecule has 2 aromatic heterocycles. The van der Waals surface area contributed by atoms with Crippen LogP contribution in [0.1, 0.15) is 21.7 Å². The van der Waals surface area contributed by atoms with Crippen molar-refractivity contribution in [3.8, 4) is 5.75 Å². The van der Waals surface area contributed by atoms with Crippen LogP contribution in [-0.2, 0) is 11.2 Å². The molecule has 1 aliphatic heterocycles. The van der Waals surface area contributed by atoms with Gasteiger partial charge >= 0.3 is 0 Å². The van der Waals surface area contributed by atoms with E-state index in [-0.39, 0.29) is 29.6 Å². The second-order valence-corrected chi connectivity index (χ2v) is 7.17. The maximum atomic E-state index is 13.2. The lowest BCUT2D eigenvalue weighted by Crippen LogP contribution is -2.41. The number of carbonyl (C=O) groups is 1. The molecule has 3 aromatic rings. The number of carbonyl (C=O) groups excluding carboxylic acids is 1. The molecule has 0 bridgehead atoms. The van der Waals surface area contributed by atoms with Crippen LogP contribution in [0.15, 0.2) is 42.6 Å². The van der Waals surface area contributed by atoms with E-state index in [0.29, 0.717) is 36.4 Å². The van der Waals surface area contributed by atoms with Gasteiger partial charge in [-0.15, -0.1) is 0 Å². The monoisotopic (exact) mass is 410 g/mol. The molecule has 1 amide bonds. The number of rotatable bonds is 6. The Morgan fingerprint density at radius 1 is 1.20 bits per heavy atom. The summed E-state index contributed by atoms with van der Waals surface area (Å²) in [6, 6.07) is 9.37. The van der Waals surface area contributed by atoms with Gasteiger partial charge in [0.15, 0.2) is 5.75 Å². The third-order valence-corrected chi connectivity index (χ3v) is 5.12. The number of pyridine rings is 2. The summed E-state index contributed by atoms with van der Waals surface area (Å²) in [6.07, 6.45) is 1.82. The highest BCUT2D eigenvalue weighted by Gasteiger charge is 2.19. The summed E-state index contributed by atoms with van der Waals surface area (Å²) in [7, 11) is 0. The van der Waals surface area contributed by atoms with Crippen LogP contribution < -0.4 is 5.32 Å². The molecule has 0 unspecified atom stereocenters.